The van der Waals surface area contributed by atoms with Crippen LogP contribution in [0.4, 0.5) is 0 Å². The quantitative estimate of drug-likeness (QED) is 0.274. The Hall–Kier alpha value is -0.443. The highest BCUT2D eigenvalue weighted by atomic mass is 28.4. The van der Waals surface area contributed by atoms with Crippen LogP contribution in [0.15, 0.2) is 4.99 Å². The van der Waals surface area contributed by atoms with E-state index in [0.29, 0.717) is 6.54 Å². The van der Waals surface area contributed by atoms with Gasteiger partial charge in [0.1, 0.15) is 0 Å². The summed E-state index contributed by atoms with van der Waals surface area (Å²) in [5.74, 6) is 0. The first kappa shape index (κ1) is 12.6. The van der Waals surface area contributed by atoms with Gasteiger partial charge >= 0.3 is 0 Å². The Kier molecular flexibility index (Phi) is 6.77. The molecule has 0 aromatic heterocycles. The molecule has 0 aromatic carbocycles. The van der Waals surface area contributed by atoms with Crippen LogP contribution in [-0.2, 0) is 9.22 Å². The summed E-state index contributed by atoms with van der Waals surface area (Å²) >= 11 is 0. The highest BCUT2D eigenvalue weighted by molar-refractivity contribution is 6.71. The molecule has 0 saturated carbocycles. The zero-order valence-electron chi connectivity index (χ0n) is 8.80. The minimum Gasteiger partial charge on any atom is -0.417 e. The monoisotopic (exact) mass is 201 g/mol. The van der Waals surface area contributed by atoms with Crippen molar-refractivity contribution < 1.29 is 9.22 Å². The molecule has 0 atom stereocenters. The van der Waals surface area contributed by atoms with Crippen LogP contribution in [-0.4, -0.2) is 27.5 Å². The van der Waals surface area contributed by atoms with E-state index < -0.39 is 8.32 Å². The molecule has 0 radical (unpaired) electrons. The highest BCUT2D eigenvalue weighted by Gasteiger charge is 2.20. The largest absolute Gasteiger partial charge is 0.417 e. The lowest BCUT2D eigenvalue weighted by Gasteiger charge is -2.21. The van der Waals surface area contributed by atoms with Gasteiger partial charge in [-0.1, -0.05) is 6.92 Å². The summed E-state index contributed by atoms with van der Waals surface area (Å²) in [6.45, 7) is 7.97. The number of rotatable bonds is 7. The van der Waals surface area contributed by atoms with E-state index in [9.17, 15) is 4.79 Å². The van der Waals surface area contributed by atoms with Crippen LogP contribution in [0.1, 0.15) is 19.8 Å². The van der Waals surface area contributed by atoms with Gasteiger partial charge in [-0.15, -0.1) is 0 Å². The lowest BCUT2D eigenvalue weighted by atomic mass is 10.5. The fraction of sp³-hybridized carbons (Fsp3) is 0.889. The average molecular weight is 201 g/mol. The van der Waals surface area contributed by atoms with E-state index in [1.54, 1.807) is 6.08 Å². The van der Waals surface area contributed by atoms with E-state index in [1.807, 2.05) is 0 Å². The highest BCUT2D eigenvalue weighted by Crippen LogP contribution is 2.13. The molecule has 76 valence electrons. The maximum absolute atomic E-state index is 9.79. The van der Waals surface area contributed by atoms with E-state index in [-0.39, 0.29) is 0 Å². The van der Waals surface area contributed by atoms with Gasteiger partial charge in [0.05, 0.1) is 6.54 Å². The molecule has 0 saturated heterocycles. The Bertz CT molecular complexity index is 176. The third kappa shape index (κ3) is 7.90. The first-order valence-electron chi connectivity index (χ1n) is 4.80. The van der Waals surface area contributed by atoms with E-state index in [2.05, 4.69) is 25.0 Å². The number of aliphatic imine (C=N–C) groups is 1. The maximum Gasteiger partial charge on any atom is 0.234 e. The summed E-state index contributed by atoms with van der Waals surface area (Å²) in [5, 5.41) is 0. The van der Waals surface area contributed by atoms with Gasteiger partial charge in [-0.2, -0.15) is 0 Å². The first-order valence-corrected chi connectivity index (χ1v) is 7.91. The summed E-state index contributed by atoms with van der Waals surface area (Å²) in [5.41, 5.74) is 0. The van der Waals surface area contributed by atoms with Crippen LogP contribution >= 0.6 is 0 Å². The van der Waals surface area contributed by atoms with E-state index in [0.717, 1.165) is 25.5 Å². The molecule has 0 bridgehead atoms. The van der Waals surface area contributed by atoms with Crippen molar-refractivity contribution in [2.24, 2.45) is 4.99 Å². The molecule has 0 N–H and O–H groups in total. The zero-order valence-corrected chi connectivity index (χ0v) is 9.80. The third-order valence-corrected chi connectivity index (χ3v) is 4.35. The molecular weight excluding hydrogens is 182 g/mol. The molecule has 0 spiro atoms. The van der Waals surface area contributed by atoms with Crippen LogP contribution in [0.2, 0.25) is 19.1 Å². The minimum absolute atomic E-state index is 0.593. The molecule has 3 nitrogen and oxygen atoms in total. The average Bonchev–Trinajstić information content (AvgIpc) is 2.09. The fourth-order valence-corrected chi connectivity index (χ4v) is 2.99. The zero-order chi connectivity index (χ0) is 10.2. The Labute approximate surface area is 81.3 Å². The second-order valence-corrected chi connectivity index (χ2v) is 7.99. The number of carbonyl (C=O) groups excluding carboxylic acids is 1. The summed E-state index contributed by atoms with van der Waals surface area (Å²) in [6.07, 6.45) is 3.56. The summed E-state index contributed by atoms with van der Waals surface area (Å²) < 4.78 is 5.76. The van der Waals surface area contributed by atoms with Crippen molar-refractivity contribution in [1.29, 1.82) is 0 Å². The molecule has 0 heterocycles. The molecule has 13 heavy (non-hydrogen) atoms. The Morgan fingerprint density at radius 3 is 2.69 bits per heavy atom. The van der Waals surface area contributed by atoms with Gasteiger partial charge in [0.25, 0.3) is 0 Å². The van der Waals surface area contributed by atoms with Gasteiger partial charge in [0, 0.05) is 6.61 Å². The number of nitrogens with zero attached hydrogens (tertiary/aromatic N) is 1. The smallest absolute Gasteiger partial charge is 0.234 e. The molecule has 0 unspecified atom stereocenters. The van der Waals surface area contributed by atoms with Crippen LogP contribution in [0.25, 0.3) is 0 Å². The van der Waals surface area contributed by atoms with Crippen LogP contribution in [0, 0.1) is 0 Å². The molecule has 0 aliphatic rings. The van der Waals surface area contributed by atoms with Crippen molar-refractivity contribution in [3.63, 3.8) is 0 Å². The number of isocyanates is 1. The van der Waals surface area contributed by atoms with E-state index in [1.165, 1.54) is 0 Å². The topological polar surface area (TPSA) is 38.7 Å². The minimum atomic E-state index is -1.46. The summed E-state index contributed by atoms with van der Waals surface area (Å²) in [7, 11) is -1.46. The Morgan fingerprint density at radius 1 is 1.46 bits per heavy atom. The molecule has 0 fully saturated rings. The van der Waals surface area contributed by atoms with Gasteiger partial charge in [0.15, 0.2) is 8.32 Å². The predicted molar refractivity (Wildman–Crippen MR) is 56.1 cm³/mol. The molecule has 0 amide bonds. The molecule has 0 aliphatic heterocycles. The standard InChI is InChI=1S/C9H19NO2Si/c1-4-7-12-13(2,3)8-5-6-10-9-11/h4-8H2,1-3H3. The van der Waals surface area contributed by atoms with Crippen molar-refractivity contribution in [1.82, 2.24) is 0 Å². The van der Waals surface area contributed by atoms with Crippen LogP contribution < -0.4 is 0 Å². The fourth-order valence-electron chi connectivity index (χ4n) is 1.08. The normalized spacial score (nSPS) is 11.0. The van der Waals surface area contributed by atoms with Gasteiger partial charge in [-0.25, -0.2) is 9.79 Å². The lowest BCUT2D eigenvalue weighted by Crippen LogP contribution is -2.30. The molecular formula is C9H19NO2Si. The van der Waals surface area contributed by atoms with Gasteiger partial charge in [-0.3, -0.25) is 0 Å². The maximum atomic E-state index is 9.79. The van der Waals surface area contributed by atoms with Crippen molar-refractivity contribution in [3.8, 4) is 0 Å². The Balaban J connectivity index is 3.55. The Morgan fingerprint density at radius 2 is 2.15 bits per heavy atom. The van der Waals surface area contributed by atoms with Crippen LogP contribution in [0.5, 0.6) is 0 Å². The van der Waals surface area contributed by atoms with E-state index >= 15 is 0 Å². The number of hydrogen-bond acceptors (Lipinski definition) is 3. The summed E-state index contributed by atoms with van der Waals surface area (Å²) in [4.78, 5) is 13.3. The van der Waals surface area contributed by atoms with Crippen molar-refractivity contribution in [2.45, 2.75) is 38.9 Å². The molecule has 0 rings (SSSR count). The van der Waals surface area contributed by atoms with E-state index in [4.69, 9.17) is 4.43 Å². The SMILES string of the molecule is CCCO[Si](C)(C)CCCN=C=O. The first-order chi connectivity index (χ1) is 6.12. The molecule has 4 heteroatoms. The third-order valence-electron chi connectivity index (χ3n) is 1.81. The second kappa shape index (κ2) is 7.01. The van der Waals surface area contributed by atoms with Gasteiger partial charge in [0.2, 0.25) is 6.08 Å². The lowest BCUT2D eigenvalue weighted by molar-refractivity contribution is 0.306. The number of hydrogen-bond donors (Lipinski definition) is 0. The molecule has 0 aliphatic carbocycles. The van der Waals surface area contributed by atoms with Gasteiger partial charge in [-0.05, 0) is 32.0 Å². The van der Waals surface area contributed by atoms with Crippen molar-refractivity contribution in [2.75, 3.05) is 13.2 Å². The van der Waals surface area contributed by atoms with Crippen molar-refractivity contribution >= 4 is 14.4 Å². The van der Waals surface area contributed by atoms with Gasteiger partial charge < -0.3 is 4.43 Å². The molecule has 0 aromatic rings. The van der Waals surface area contributed by atoms with Crippen LogP contribution in [0.3, 0.4) is 0 Å². The van der Waals surface area contributed by atoms with Crippen molar-refractivity contribution in [3.05, 3.63) is 0 Å². The summed E-state index contributed by atoms with van der Waals surface area (Å²) in [6, 6.07) is 1.07. The second-order valence-electron chi connectivity index (χ2n) is 3.68. The predicted octanol–water partition coefficient (Wildman–Crippen LogP) is 2.34.